The van der Waals surface area contributed by atoms with Gasteiger partial charge in [-0.1, -0.05) is 19.1 Å². The first-order valence-electron chi connectivity index (χ1n) is 10.4. The van der Waals surface area contributed by atoms with Crippen LogP contribution in [0.1, 0.15) is 23.0 Å². The van der Waals surface area contributed by atoms with Crippen LogP contribution in [0.3, 0.4) is 0 Å². The summed E-state index contributed by atoms with van der Waals surface area (Å²) in [6.07, 6.45) is 2.33. The molecule has 4 aromatic rings. The van der Waals surface area contributed by atoms with Gasteiger partial charge in [0.05, 0.1) is 17.0 Å². The van der Waals surface area contributed by atoms with Crippen LogP contribution in [-0.2, 0) is 11.2 Å². The highest BCUT2D eigenvalue weighted by Crippen LogP contribution is 2.28. The average molecular weight is 463 g/mol. The van der Waals surface area contributed by atoms with Crippen LogP contribution in [0, 0.1) is 17.6 Å². The van der Waals surface area contributed by atoms with E-state index in [-0.39, 0.29) is 28.8 Å². The molecule has 4 rings (SSSR count). The number of aromatic amines is 1. The number of carbonyl (C=O) groups excluding carboxylic acids is 2. The summed E-state index contributed by atoms with van der Waals surface area (Å²) < 4.78 is 27.0. The number of amides is 2. The monoisotopic (exact) mass is 463 g/mol. The predicted molar refractivity (Wildman–Crippen MR) is 124 cm³/mol. The Morgan fingerprint density at radius 1 is 1.00 bits per heavy atom. The zero-order chi connectivity index (χ0) is 24.7. The summed E-state index contributed by atoms with van der Waals surface area (Å²) >= 11 is 0. The lowest BCUT2D eigenvalue weighted by Crippen LogP contribution is -2.22. The molecule has 2 aromatic heterocycles. The van der Waals surface area contributed by atoms with Gasteiger partial charge in [0.2, 0.25) is 11.8 Å². The number of pyridine rings is 1. The van der Waals surface area contributed by atoms with E-state index in [2.05, 4.69) is 15.2 Å². The lowest BCUT2D eigenvalue weighted by molar-refractivity contribution is -0.121. The van der Waals surface area contributed by atoms with Crippen molar-refractivity contribution >= 4 is 11.8 Å². The first-order chi connectivity index (χ1) is 16.3. The lowest BCUT2D eigenvalue weighted by atomic mass is 10.0. The summed E-state index contributed by atoms with van der Waals surface area (Å²) in [6, 6.07) is 17.0. The standard InChI is InChI=1S/C16H11F2N3O.C9H12N2O/c17-10-6-4-9(5-7-10)13-8-14(21-20-13)15-11(16(19)22)2-1-3-12(15)18;1-7(9(10)12)6-8-4-2-3-5-11-8/h1-8H,(H2,19,22)(H,20,21);2-5,7H,6H2,1H3,(H2,10,12). The molecule has 0 fully saturated rings. The fraction of sp³-hybridized carbons (Fsp3) is 0.120. The van der Waals surface area contributed by atoms with Gasteiger partial charge in [0, 0.05) is 35.4 Å². The Morgan fingerprint density at radius 3 is 2.35 bits per heavy atom. The van der Waals surface area contributed by atoms with Crippen molar-refractivity contribution in [3.05, 3.63) is 95.8 Å². The number of benzene rings is 2. The smallest absolute Gasteiger partial charge is 0.249 e. The van der Waals surface area contributed by atoms with E-state index in [0.29, 0.717) is 23.4 Å². The summed E-state index contributed by atoms with van der Waals surface area (Å²) in [5.41, 5.74) is 12.9. The van der Waals surface area contributed by atoms with E-state index in [9.17, 15) is 18.4 Å². The van der Waals surface area contributed by atoms with Crippen LogP contribution in [-0.4, -0.2) is 27.0 Å². The van der Waals surface area contributed by atoms with Crippen molar-refractivity contribution in [1.29, 1.82) is 0 Å². The van der Waals surface area contributed by atoms with Crippen molar-refractivity contribution in [2.75, 3.05) is 0 Å². The average Bonchev–Trinajstić information content (AvgIpc) is 3.30. The van der Waals surface area contributed by atoms with Crippen LogP contribution < -0.4 is 11.5 Å². The molecule has 0 saturated carbocycles. The SMILES string of the molecule is CC(Cc1ccccn1)C(N)=O.NC(=O)c1cccc(F)c1-c1cc(-c2ccc(F)cc2)n[nH]1. The third-order valence-corrected chi connectivity index (χ3v) is 4.99. The first-order valence-corrected chi connectivity index (χ1v) is 10.4. The van der Waals surface area contributed by atoms with E-state index in [1.54, 1.807) is 31.3 Å². The molecule has 2 heterocycles. The molecule has 174 valence electrons. The quantitative estimate of drug-likeness (QED) is 0.401. The fourth-order valence-electron chi connectivity index (χ4n) is 3.15. The van der Waals surface area contributed by atoms with Gasteiger partial charge in [-0.25, -0.2) is 8.78 Å². The Kier molecular flexibility index (Phi) is 7.81. The molecule has 0 spiro atoms. The van der Waals surface area contributed by atoms with Crippen molar-refractivity contribution < 1.29 is 18.4 Å². The van der Waals surface area contributed by atoms with Crippen LogP contribution in [0.15, 0.2) is 72.9 Å². The summed E-state index contributed by atoms with van der Waals surface area (Å²) in [6.45, 7) is 1.80. The van der Waals surface area contributed by atoms with Crippen molar-refractivity contribution in [2.24, 2.45) is 17.4 Å². The second-order valence-electron chi connectivity index (χ2n) is 7.53. The van der Waals surface area contributed by atoms with E-state index >= 15 is 0 Å². The van der Waals surface area contributed by atoms with Gasteiger partial charge in [-0.3, -0.25) is 19.7 Å². The Labute approximate surface area is 194 Å². The number of nitrogens with one attached hydrogen (secondary N) is 1. The van der Waals surface area contributed by atoms with E-state index in [1.807, 2.05) is 18.2 Å². The zero-order valence-electron chi connectivity index (χ0n) is 18.3. The molecule has 1 unspecified atom stereocenters. The molecule has 7 nitrogen and oxygen atoms in total. The minimum Gasteiger partial charge on any atom is -0.369 e. The molecule has 0 aliphatic rings. The van der Waals surface area contributed by atoms with Gasteiger partial charge < -0.3 is 11.5 Å². The van der Waals surface area contributed by atoms with Crippen molar-refractivity contribution in [1.82, 2.24) is 15.2 Å². The summed E-state index contributed by atoms with van der Waals surface area (Å²) in [7, 11) is 0. The third-order valence-electron chi connectivity index (χ3n) is 4.99. The second-order valence-corrected chi connectivity index (χ2v) is 7.53. The Morgan fingerprint density at radius 2 is 1.74 bits per heavy atom. The molecule has 1 atom stereocenters. The van der Waals surface area contributed by atoms with Crippen LogP contribution >= 0.6 is 0 Å². The maximum atomic E-state index is 14.1. The van der Waals surface area contributed by atoms with Crippen molar-refractivity contribution in [3.63, 3.8) is 0 Å². The molecule has 0 bridgehead atoms. The van der Waals surface area contributed by atoms with Gasteiger partial charge in [0.25, 0.3) is 0 Å². The van der Waals surface area contributed by atoms with Crippen LogP contribution in [0.2, 0.25) is 0 Å². The normalized spacial score (nSPS) is 11.3. The number of hydrogen-bond acceptors (Lipinski definition) is 4. The van der Waals surface area contributed by atoms with Crippen molar-refractivity contribution in [2.45, 2.75) is 13.3 Å². The Bertz CT molecular complexity index is 1270. The van der Waals surface area contributed by atoms with E-state index < -0.39 is 11.7 Å². The Hall–Kier alpha value is -4.40. The van der Waals surface area contributed by atoms with E-state index in [4.69, 9.17) is 11.5 Å². The number of primary amides is 2. The molecule has 0 aliphatic carbocycles. The highest BCUT2D eigenvalue weighted by Gasteiger charge is 2.17. The molecule has 2 aromatic carbocycles. The molecule has 34 heavy (non-hydrogen) atoms. The topological polar surface area (TPSA) is 128 Å². The first kappa shape index (κ1) is 24.2. The molecule has 0 saturated heterocycles. The minimum atomic E-state index is -0.729. The van der Waals surface area contributed by atoms with Gasteiger partial charge in [-0.2, -0.15) is 5.10 Å². The number of halogens is 2. The number of carbonyl (C=O) groups is 2. The van der Waals surface area contributed by atoms with Gasteiger partial charge in [-0.05, 0) is 54.6 Å². The van der Waals surface area contributed by atoms with Crippen LogP contribution in [0.4, 0.5) is 8.78 Å². The maximum Gasteiger partial charge on any atom is 0.249 e. The van der Waals surface area contributed by atoms with Gasteiger partial charge in [-0.15, -0.1) is 0 Å². The summed E-state index contributed by atoms with van der Waals surface area (Å²) in [4.78, 5) is 26.2. The number of nitrogens with two attached hydrogens (primary N) is 2. The lowest BCUT2D eigenvalue weighted by Gasteiger charge is -2.05. The summed E-state index contributed by atoms with van der Waals surface area (Å²) in [5.74, 6) is -2.08. The van der Waals surface area contributed by atoms with Crippen LogP contribution in [0.25, 0.3) is 22.5 Å². The van der Waals surface area contributed by atoms with Crippen molar-refractivity contribution in [3.8, 4) is 22.5 Å². The highest BCUT2D eigenvalue weighted by molar-refractivity contribution is 5.99. The Balaban J connectivity index is 0.000000229. The van der Waals surface area contributed by atoms with Crippen LogP contribution in [0.5, 0.6) is 0 Å². The van der Waals surface area contributed by atoms with Gasteiger partial charge in [0.1, 0.15) is 11.6 Å². The highest BCUT2D eigenvalue weighted by atomic mass is 19.1. The number of H-pyrrole nitrogens is 1. The maximum absolute atomic E-state index is 14.1. The molecule has 5 N–H and O–H groups in total. The molecule has 9 heteroatoms. The second kappa shape index (κ2) is 11.0. The number of nitrogens with zero attached hydrogens (tertiary/aromatic N) is 2. The van der Waals surface area contributed by atoms with E-state index in [0.717, 1.165) is 5.69 Å². The molecule has 0 aliphatic heterocycles. The number of aromatic nitrogens is 3. The number of rotatable bonds is 6. The molecule has 0 radical (unpaired) electrons. The molecular formula is C25H23F2N5O2. The summed E-state index contributed by atoms with van der Waals surface area (Å²) in [5, 5.41) is 6.75. The molecule has 2 amide bonds. The van der Waals surface area contributed by atoms with Gasteiger partial charge in [0.15, 0.2) is 0 Å². The van der Waals surface area contributed by atoms with Gasteiger partial charge >= 0.3 is 0 Å². The predicted octanol–water partition coefficient (Wildman–Crippen LogP) is 3.87. The largest absolute Gasteiger partial charge is 0.369 e. The fourth-order valence-corrected chi connectivity index (χ4v) is 3.15. The third kappa shape index (κ3) is 6.10. The molecular weight excluding hydrogens is 440 g/mol. The number of hydrogen-bond donors (Lipinski definition) is 3. The zero-order valence-corrected chi connectivity index (χ0v) is 18.3. The van der Waals surface area contributed by atoms with E-state index in [1.165, 1.54) is 30.3 Å². The minimum absolute atomic E-state index is 0.0642.